The maximum Gasteiger partial charge on any atom is 0.0426 e. The summed E-state index contributed by atoms with van der Waals surface area (Å²) in [5, 5.41) is 0.811. The van der Waals surface area contributed by atoms with Crippen LogP contribution in [0.4, 0.5) is 5.69 Å². The molecule has 1 aromatic rings. The highest BCUT2D eigenvalue weighted by molar-refractivity contribution is 6.30. The number of benzene rings is 1. The normalized spacial score (nSPS) is 18.3. The van der Waals surface area contributed by atoms with Crippen molar-refractivity contribution in [2.45, 2.75) is 57.5 Å². The largest absolute Gasteiger partial charge is 0.371 e. The van der Waals surface area contributed by atoms with Crippen LogP contribution in [-0.4, -0.2) is 19.1 Å². The lowest BCUT2D eigenvalue weighted by molar-refractivity contribution is 0.427. The maximum atomic E-state index is 6.18. The first-order chi connectivity index (χ1) is 9.08. The fourth-order valence-electron chi connectivity index (χ4n) is 3.05. The number of nitrogens with zero attached hydrogens (tertiary/aromatic N) is 1. The van der Waals surface area contributed by atoms with Crippen molar-refractivity contribution >= 4 is 17.3 Å². The Kier molecular flexibility index (Phi) is 5.12. The summed E-state index contributed by atoms with van der Waals surface area (Å²) in [4.78, 5) is 2.42. The Morgan fingerprint density at radius 2 is 2.00 bits per heavy atom. The molecule has 2 N–H and O–H groups in total. The third-order valence-corrected chi connectivity index (χ3v) is 4.33. The molecule has 1 atom stereocenters. The predicted molar refractivity (Wildman–Crippen MR) is 84.1 cm³/mol. The van der Waals surface area contributed by atoms with Crippen LogP contribution in [0.1, 0.15) is 44.6 Å². The lowest BCUT2D eigenvalue weighted by Crippen LogP contribution is -2.34. The first kappa shape index (κ1) is 14.7. The highest BCUT2D eigenvalue weighted by atomic mass is 35.5. The lowest BCUT2D eigenvalue weighted by atomic mass is 9.93. The summed E-state index contributed by atoms with van der Waals surface area (Å²) in [6.07, 6.45) is 7.56. The van der Waals surface area contributed by atoms with Crippen molar-refractivity contribution in [2.24, 2.45) is 5.73 Å². The van der Waals surface area contributed by atoms with E-state index in [0.29, 0.717) is 6.04 Å². The van der Waals surface area contributed by atoms with Gasteiger partial charge < -0.3 is 10.6 Å². The Balaban J connectivity index is 2.22. The van der Waals surface area contributed by atoms with Gasteiger partial charge in [-0.05, 0) is 43.9 Å². The Hall–Kier alpha value is -0.730. The number of hydrogen-bond donors (Lipinski definition) is 1. The molecule has 3 heteroatoms. The van der Waals surface area contributed by atoms with E-state index in [1.54, 1.807) is 0 Å². The summed E-state index contributed by atoms with van der Waals surface area (Å²) >= 11 is 6.18. The van der Waals surface area contributed by atoms with E-state index in [4.69, 9.17) is 17.3 Å². The second-order valence-corrected chi connectivity index (χ2v) is 6.29. The smallest absolute Gasteiger partial charge is 0.0426 e. The monoisotopic (exact) mass is 280 g/mol. The Morgan fingerprint density at radius 1 is 1.32 bits per heavy atom. The van der Waals surface area contributed by atoms with Gasteiger partial charge in [0.1, 0.15) is 0 Å². The summed E-state index contributed by atoms with van der Waals surface area (Å²) in [7, 11) is 2.20. The number of hydrogen-bond acceptors (Lipinski definition) is 2. The molecule has 0 aliphatic heterocycles. The van der Waals surface area contributed by atoms with Gasteiger partial charge >= 0.3 is 0 Å². The number of halogens is 1. The summed E-state index contributed by atoms with van der Waals surface area (Å²) in [6.45, 7) is 2.05. The SMILES string of the molecule is CC(N)Cc1ccc(Cl)cc1N(C)C1CCCCC1. The van der Waals surface area contributed by atoms with Gasteiger partial charge in [0.15, 0.2) is 0 Å². The summed E-state index contributed by atoms with van der Waals surface area (Å²) in [5.41, 5.74) is 8.53. The minimum Gasteiger partial charge on any atom is -0.371 e. The predicted octanol–water partition coefficient (Wildman–Crippen LogP) is 4.00. The maximum absolute atomic E-state index is 6.18. The van der Waals surface area contributed by atoms with Crippen LogP contribution in [0, 0.1) is 0 Å². The van der Waals surface area contributed by atoms with Gasteiger partial charge in [-0.3, -0.25) is 0 Å². The van der Waals surface area contributed by atoms with Gasteiger partial charge in [0.2, 0.25) is 0 Å². The van der Waals surface area contributed by atoms with Gasteiger partial charge in [-0.25, -0.2) is 0 Å². The Bertz CT molecular complexity index is 411. The van der Waals surface area contributed by atoms with Crippen molar-refractivity contribution in [2.75, 3.05) is 11.9 Å². The first-order valence-electron chi connectivity index (χ1n) is 7.35. The van der Waals surface area contributed by atoms with Crippen LogP contribution in [0.15, 0.2) is 18.2 Å². The van der Waals surface area contributed by atoms with Crippen LogP contribution in [0.5, 0.6) is 0 Å². The van der Waals surface area contributed by atoms with Crippen molar-refractivity contribution in [3.8, 4) is 0 Å². The molecule has 0 heterocycles. The van der Waals surface area contributed by atoms with Crippen molar-refractivity contribution in [3.05, 3.63) is 28.8 Å². The van der Waals surface area contributed by atoms with Crippen molar-refractivity contribution < 1.29 is 0 Å². The van der Waals surface area contributed by atoms with Crippen LogP contribution in [0.2, 0.25) is 5.02 Å². The standard InChI is InChI=1S/C16H25ClN2/c1-12(18)10-13-8-9-14(17)11-16(13)19(2)15-6-4-3-5-7-15/h8-9,11-12,15H,3-7,10,18H2,1-2H3. The third kappa shape index (κ3) is 3.87. The van der Waals surface area contributed by atoms with E-state index in [-0.39, 0.29) is 6.04 Å². The average molecular weight is 281 g/mol. The lowest BCUT2D eigenvalue weighted by Gasteiger charge is -2.34. The zero-order valence-electron chi connectivity index (χ0n) is 12.0. The summed E-state index contributed by atoms with van der Waals surface area (Å²) < 4.78 is 0. The third-order valence-electron chi connectivity index (χ3n) is 4.09. The molecule has 0 aromatic heterocycles. The second-order valence-electron chi connectivity index (χ2n) is 5.86. The molecule has 1 aliphatic carbocycles. The number of anilines is 1. The minimum atomic E-state index is 0.180. The average Bonchev–Trinajstić information content (AvgIpc) is 2.40. The molecule has 0 saturated heterocycles. The minimum absolute atomic E-state index is 0.180. The van der Waals surface area contributed by atoms with Crippen LogP contribution in [-0.2, 0) is 6.42 Å². The molecule has 0 bridgehead atoms. The molecule has 1 fully saturated rings. The van der Waals surface area contributed by atoms with E-state index in [1.165, 1.54) is 43.4 Å². The van der Waals surface area contributed by atoms with Gasteiger partial charge in [0.05, 0.1) is 0 Å². The highest BCUT2D eigenvalue weighted by Crippen LogP contribution is 2.31. The van der Waals surface area contributed by atoms with Crippen molar-refractivity contribution in [3.63, 3.8) is 0 Å². The van der Waals surface area contributed by atoms with E-state index in [0.717, 1.165) is 11.4 Å². The van der Waals surface area contributed by atoms with Gasteiger partial charge in [-0.1, -0.05) is 36.9 Å². The van der Waals surface area contributed by atoms with Crippen LogP contribution < -0.4 is 10.6 Å². The zero-order valence-corrected chi connectivity index (χ0v) is 12.8. The first-order valence-corrected chi connectivity index (χ1v) is 7.72. The van der Waals surface area contributed by atoms with E-state index >= 15 is 0 Å². The summed E-state index contributed by atoms with van der Waals surface area (Å²) in [5.74, 6) is 0. The molecule has 1 saturated carbocycles. The molecule has 1 aliphatic rings. The molecule has 2 nitrogen and oxygen atoms in total. The molecule has 19 heavy (non-hydrogen) atoms. The molecule has 106 valence electrons. The van der Waals surface area contributed by atoms with Crippen molar-refractivity contribution in [1.29, 1.82) is 0 Å². The van der Waals surface area contributed by atoms with E-state index in [1.807, 2.05) is 6.07 Å². The molecule has 0 spiro atoms. The zero-order chi connectivity index (χ0) is 13.8. The van der Waals surface area contributed by atoms with E-state index in [9.17, 15) is 0 Å². The molecular formula is C16H25ClN2. The van der Waals surface area contributed by atoms with Crippen LogP contribution >= 0.6 is 11.6 Å². The second kappa shape index (κ2) is 6.62. The fourth-order valence-corrected chi connectivity index (χ4v) is 3.22. The van der Waals surface area contributed by atoms with E-state index < -0.39 is 0 Å². The van der Waals surface area contributed by atoms with Gasteiger partial charge in [-0.2, -0.15) is 0 Å². The molecule has 0 amide bonds. The fraction of sp³-hybridized carbons (Fsp3) is 0.625. The van der Waals surface area contributed by atoms with Crippen LogP contribution in [0.25, 0.3) is 0 Å². The quantitative estimate of drug-likeness (QED) is 0.903. The molecule has 0 radical (unpaired) electrons. The Morgan fingerprint density at radius 3 is 2.63 bits per heavy atom. The molecule has 1 unspecified atom stereocenters. The molecule has 1 aromatic carbocycles. The van der Waals surface area contributed by atoms with Gasteiger partial charge in [-0.15, -0.1) is 0 Å². The van der Waals surface area contributed by atoms with Crippen molar-refractivity contribution in [1.82, 2.24) is 0 Å². The highest BCUT2D eigenvalue weighted by Gasteiger charge is 2.20. The topological polar surface area (TPSA) is 29.3 Å². The Labute approximate surface area is 121 Å². The summed E-state index contributed by atoms with van der Waals surface area (Å²) in [6, 6.07) is 7.02. The number of rotatable bonds is 4. The van der Waals surface area contributed by atoms with Crippen LogP contribution in [0.3, 0.4) is 0 Å². The van der Waals surface area contributed by atoms with E-state index in [2.05, 4.69) is 31.0 Å². The molecular weight excluding hydrogens is 256 g/mol. The number of nitrogens with two attached hydrogens (primary N) is 1. The van der Waals surface area contributed by atoms with Gasteiger partial charge in [0, 0.05) is 29.8 Å². The van der Waals surface area contributed by atoms with Gasteiger partial charge in [0.25, 0.3) is 0 Å². The molecule has 2 rings (SSSR count).